The lowest BCUT2D eigenvalue weighted by atomic mass is 9.85. The summed E-state index contributed by atoms with van der Waals surface area (Å²) in [6.07, 6.45) is 7.60. The molecule has 2 saturated carbocycles. The molecule has 0 radical (unpaired) electrons. The van der Waals surface area contributed by atoms with Crippen molar-refractivity contribution in [1.29, 1.82) is 0 Å². The van der Waals surface area contributed by atoms with E-state index in [0.717, 1.165) is 12.1 Å². The van der Waals surface area contributed by atoms with Gasteiger partial charge < -0.3 is 10.3 Å². The Bertz CT molecular complexity index is 646. The van der Waals surface area contributed by atoms with Gasteiger partial charge in [0, 0.05) is 18.0 Å². The normalized spacial score (nSPS) is 21.7. The van der Waals surface area contributed by atoms with Gasteiger partial charge in [0.05, 0.1) is 11.0 Å². The van der Waals surface area contributed by atoms with Gasteiger partial charge in [0.1, 0.15) is 5.82 Å². The van der Waals surface area contributed by atoms with Crippen LogP contribution in [0.2, 0.25) is 0 Å². The van der Waals surface area contributed by atoms with Crippen molar-refractivity contribution in [2.75, 3.05) is 6.54 Å². The average Bonchev–Trinajstić information content (AvgIpc) is 3.04. The number of imidazole rings is 1. The molecule has 2 aliphatic carbocycles. The van der Waals surface area contributed by atoms with Gasteiger partial charge in [-0.3, -0.25) is 0 Å². The van der Waals surface area contributed by atoms with Gasteiger partial charge in [0.25, 0.3) is 0 Å². The number of nitrogens with two attached hydrogens (primary N) is 1. The molecule has 1 heterocycles. The second kappa shape index (κ2) is 4.32. The van der Waals surface area contributed by atoms with E-state index in [1.54, 1.807) is 0 Å². The van der Waals surface area contributed by atoms with Crippen LogP contribution in [0.15, 0.2) is 18.2 Å². The maximum atomic E-state index is 6.19. The van der Waals surface area contributed by atoms with Crippen LogP contribution in [0.3, 0.4) is 0 Å². The minimum absolute atomic E-state index is 0.134. The maximum Gasteiger partial charge on any atom is 0.117 e. The molecule has 0 saturated heterocycles. The van der Waals surface area contributed by atoms with E-state index in [1.165, 1.54) is 55.4 Å². The highest BCUT2D eigenvalue weighted by Gasteiger charge is 2.41. The molecule has 0 unspecified atom stereocenters. The molecule has 4 rings (SSSR count). The number of aryl methyl sites for hydroxylation is 1. The van der Waals surface area contributed by atoms with E-state index >= 15 is 0 Å². The zero-order chi connectivity index (χ0) is 13.7. The summed E-state index contributed by atoms with van der Waals surface area (Å²) in [5.74, 6) is 1.28. The second-order valence-electron chi connectivity index (χ2n) is 6.72. The van der Waals surface area contributed by atoms with Crippen LogP contribution in [0.1, 0.15) is 56.0 Å². The Morgan fingerprint density at radius 3 is 2.70 bits per heavy atom. The second-order valence-corrected chi connectivity index (χ2v) is 6.72. The molecule has 20 heavy (non-hydrogen) atoms. The molecule has 2 fully saturated rings. The highest BCUT2D eigenvalue weighted by molar-refractivity contribution is 5.77. The lowest BCUT2D eigenvalue weighted by molar-refractivity contribution is 0.406. The number of benzene rings is 1. The summed E-state index contributed by atoms with van der Waals surface area (Å²) in [6, 6.07) is 7.34. The van der Waals surface area contributed by atoms with Crippen LogP contribution < -0.4 is 5.73 Å². The minimum Gasteiger partial charge on any atom is -0.329 e. The van der Waals surface area contributed by atoms with Crippen molar-refractivity contribution >= 4 is 11.0 Å². The predicted octanol–water partition coefficient (Wildman–Crippen LogP) is 3.45. The third-order valence-electron chi connectivity index (χ3n) is 5.18. The largest absolute Gasteiger partial charge is 0.329 e. The van der Waals surface area contributed by atoms with E-state index in [1.807, 2.05) is 0 Å². The van der Waals surface area contributed by atoms with Crippen LogP contribution in [0.4, 0.5) is 0 Å². The Morgan fingerprint density at radius 1 is 1.30 bits per heavy atom. The Balaban J connectivity index is 1.95. The molecule has 3 nitrogen and oxygen atoms in total. The predicted molar refractivity (Wildman–Crippen MR) is 81.9 cm³/mol. The molecular weight excluding hydrogens is 246 g/mol. The first kappa shape index (κ1) is 12.4. The highest BCUT2D eigenvalue weighted by Crippen LogP contribution is 2.46. The van der Waals surface area contributed by atoms with Crippen molar-refractivity contribution in [3.63, 3.8) is 0 Å². The molecule has 2 N–H and O–H groups in total. The zero-order valence-corrected chi connectivity index (χ0v) is 12.2. The van der Waals surface area contributed by atoms with E-state index in [0.29, 0.717) is 6.04 Å². The van der Waals surface area contributed by atoms with Crippen LogP contribution in [-0.2, 0) is 5.41 Å². The van der Waals surface area contributed by atoms with Crippen LogP contribution in [0.5, 0.6) is 0 Å². The molecule has 0 atom stereocenters. The van der Waals surface area contributed by atoms with Gasteiger partial charge in [-0.2, -0.15) is 0 Å². The Morgan fingerprint density at radius 2 is 2.05 bits per heavy atom. The van der Waals surface area contributed by atoms with E-state index in [-0.39, 0.29) is 5.41 Å². The van der Waals surface area contributed by atoms with E-state index in [9.17, 15) is 0 Å². The van der Waals surface area contributed by atoms with E-state index < -0.39 is 0 Å². The topological polar surface area (TPSA) is 43.8 Å². The van der Waals surface area contributed by atoms with Crippen molar-refractivity contribution in [2.45, 2.75) is 56.9 Å². The molecule has 0 aliphatic heterocycles. The van der Waals surface area contributed by atoms with Crippen LogP contribution in [0, 0.1) is 6.92 Å². The Kier molecular flexibility index (Phi) is 2.68. The smallest absolute Gasteiger partial charge is 0.117 e. The van der Waals surface area contributed by atoms with Gasteiger partial charge in [0.2, 0.25) is 0 Å². The number of rotatable bonds is 3. The summed E-state index contributed by atoms with van der Waals surface area (Å²) in [5, 5.41) is 0. The van der Waals surface area contributed by atoms with Crippen molar-refractivity contribution in [1.82, 2.24) is 9.55 Å². The first-order valence-corrected chi connectivity index (χ1v) is 7.93. The minimum atomic E-state index is 0.134. The quantitative estimate of drug-likeness (QED) is 0.927. The van der Waals surface area contributed by atoms with Crippen LogP contribution >= 0.6 is 0 Å². The zero-order valence-electron chi connectivity index (χ0n) is 12.2. The lowest BCUT2D eigenvalue weighted by Crippen LogP contribution is -2.35. The molecule has 0 amide bonds. The SMILES string of the molecule is Cc1ccc2c(c1)nc(C1(CN)CCCC1)n2C1CC1. The van der Waals surface area contributed by atoms with Gasteiger partial charge in [-0.15, -0.1) is 0 Å². The van der Waals surface area contributed by atoms with Gasteiger partial charge in [-0.25, -0.2) is 4.98 Å². The molecule has 0 spiro atoms. The Hall–Kier alpha value is -1.35. The molecule has 1 aromatic heterocycles. The fraction of sp³-hybridized carbons (Fsp3) is 0.588. The van der Waals surface area contributed by atoms with Gasteiger partial charge in [-0.05, 0) is 50.3 Å². The van der Waals surface area contributed by atoms with Crippen molar-refractivity contribution in [3.05, 3.63) is 29.6 Å². The molecule has 3 heteroatoms. The molecule has 106 valence electrons. The van der Waals surface area contributed by atoms with Crippen molar-refractivity contribution in [3.8, 4) is 0 Å². The first-order valence-electron chi connectivity index (χ1n) is 7.93. The Labute approximate surface area is 120 Å². The fourth-order valence-corrected chi connectivity index (χ4v) is 3.86. The molecule has 0 bridgehead atoms. The lowest BCUT2D eigenvalue weighted by Gasteiger charge is -2.27. The number of hydrogen-bond donors (Lipinski definition) is 1. The van der Waals surface area contributed by atoms with Gasteiger partial charge >= 0.3 is 0 Å². The fourth-order valence-electron chi connectivity index (χ4n) is 3.86. The standard InChI is InChI=1S/C17H23N3/c1-12-4-7-15-14(10-12)19-16(20(15)13-5-6-13)17(11-18)8-2-3-9-17/h4,7,10,13H,2-3,5-6,8-9,11,18H2,1H3. The maximum absolute atomic E-state index is 6.19. The van der Waals surface area contributed by atoms with Crippen molar-refractivity contribution in [2.24, 2.45) is 5.73 Å². The third-order valence-corrected chi connectivity index (χ3v) is 5.18. The average molecular weight is 269 g/mol. The number of fused-ring (bicyclic) bond motifs is 1. The van der Waals surface area contributed by atoms with Crippen LogP contribution in [0.25, 0.3) is 11.0 Å². The number of aromatic nitrogens is 2. The van der Waals surface area contributed by atoms with Gasteiger partial charge in [0.15, 0.2) is 0 Å². The highest BCUT2D eigenvalue weighted by atomic mass is 15.1. The molecular formula is C17H23N3. The number of hydrogen-bond acceptors (Lipinski definition) is 2. The summed E-state index contributed by atoms with van der Waals surface area (Å²) in [4.78, 5) is 5.04. The molecule has 2 aliphatic rings. The van der Waals surface area contributed by atoms with E-state index in [2.05, 4.69) is 29.7 Å². The van der Waals surface area contributed by atoms with Gasteiger partial charge in [-0.1, -0.05) is 18.9 Å². The summed E-state index contributed by atoms with van der Waals surface area (Å²) < 4.78 is 2.52. The molecule has 2 aromatic rings. The third kappa shape index (κ3) is 1.72. The molecule has 1 aromatic carbocycles. The first-order chi connectivity index (χ1) is 9.73. The van der Waals surface area contributed by atoms with Crippen LogP contribution in [-0.4, -0.2) is 16.1 Å². The summed E-state index contributed by atoms with van der Waals surface area (Å²) in [7, 11) is 0. The summed E-state index contributed by atoms with van der Waals surface area (Å²) >= 11 is 0. The number of nitrogens with zero attached hydrogens (tertiary/aromatic N) is 2. The monoisotopic (exact) mass is 269 g/mol. The van der Waals surface area contributed by atoms with Crippen molar-refractivity contribution < 1.29 is 0 Å². The van der Waals surface area contributed by atoms with E-state index in [4.69, 9.17) is 10.7 Å². The summed E-state index contributed by atoms with van der Waals surface area (Å²) in [5.41, 5.74) is 10.1. The summed E-state index contributed by atoms with van der Waals surface area (Å²) in [6.45, 7) is 2.88.